The summed E-state index contributed by atoms with van der Waals surface area (Å²) in [5.74, 6) is 0. The fourth-order valence-corrected chi connectivity index (χ4v) is 3.40. The smallest absolute Gasteiger partial charge is 0.158 e. The quantitative estimate of drug-likeness (QED) is 0.453. The van der Waals surface area contributed by atoms with Crippen LogP contribution in [-0.4, -0.2) is 0 Å². The van der Waals surface area contributed by atoms with Crippen LogP contribution in [0.4, 0.5) is 11.4 Å². The third kappa shape index (κ3) is 2.60. The van der Waals surface area contributed by atoms with Gasteiger partial charge in [0.15, 0.2) is 11.2 Å². The standard InChI is InChI=1S/C23H20N2O/c1-23(2,3)18-11-4-5-12-19(18)25-20-13-7-10-17-16-9-6-8-15(14-24)21(16)26-22(17)20/h4-13,25H,1-3H3. The second kappa shape index (κ2) is 5.93. The van der Waals surface area contributed by atoms with Crippen molar-refractivity contribution in [3.63, 3.8) is 0 Å². The lowest BCUT2D eigenvalue weighted by atomic mass is 9.86. The number of nitrogens with one attached hydrogen (secondary N) is 1. The van der Waals surface area contributed by atoms with Crippen LogP contribution in [0.2, 0.25) is 0 Å². The molecule has 0 aliphatic carbocycles. The Morgan fingerprint density at radius 1 is 0.808 bits per heavy atom. The van der Waals surface area contributed by atoms with E-state index in [0.717, 1.165) is 27.7 Å². The molecule has 0 atom stereocenters. The highest BCUT2D eigenvalue weighted by Gasteiger charge is 2.19. The van der Waals surface area contributed by atoms with Crippen LogP contribution in [0, 0.1) is 11.3 Å². The van der Waals surface area contributed by atoms with E-state index in [4.69, 9.17) is 4.42 Å². The van der Waals surface area contributed by atoms with Crippen molar-refractivity contribution in [3.8, 4) is 6.07 Å². The van der Waals surface area contributed by atoms with E-state index in [1.165, 1.54) is 5.56 Å². The predicted octanol–water partition coefficient (Wildman–Crippen LogP) is 6.50. The fraction of sp³-hybridized carbons (Fsp3) is 0.174. The third-order valence-corrected chi connectivity index (χ3v) is 4.65. The number of hydrogen-bond acceptors (Lipinski definition) is 3. The molecule has 3 heteroatoms. The minimum atomic E-state index is 0.0271. The average Bonchev–Trinajstić information content (AvgIpc) is 3.01. The fourth-order valence-electron chi connectivity index (χ4n) is 3.40. The molecule has 0 saturated carbocycles. The first-order chi connectivity index (χ1) is 12.5. The van der Waals surface area contributed by atoms with E-state index in [9.17, 15) is 5.26 Å². The zero-order valence-electron chi connectivity index (χ0n) is 15.1. The largest absolute Gasteiger partial charge is 0.452 e. The summed E-state index contributed by atoms with van der Waals surface area (Å²) >= 11 is 0. The third-order valence-electron chi connectivity index (χ3n) is 4.65. The lowest BCUT2D eigenvalue weighted by Crippen LogP contribution is -2.13. The molecule has 1 heterocycles. The Morgan fingerprint density at radius 2 is 1.46 bits per heavy atom. The summed E-state index contributed by atoms with van der Waals surface area (Å²) < 4.78 is 6.12. The molecule has 0 aliphatic rings. The van der Waals surface area contributed by atoms with Gasteiger partial charge in [-0.1, -0.05) is 63.2 Å². The Morgan fingerprint density at radius 3 is 2.19 bits per heavy atom. The molecule has 26 heavy (non-hydrogen) atoms. The van der Waals surface area contributed by atoms with E-state index < -0.39 is 0 Å². The Kier molecular flexibility index (Phi) is 3.70. The van der Waals surface area contributed by atoms with Gasteiger partial charge in [0, 0.05) is 16.5 Å². The van der Waals surface area contributed by atoms with Gasteiger partial charge >= 0.3 is 0 Å². The highest BCUT2D eigenvalue weighted by atomic mass is 16.3. The lowest BCUT2D eigenvalue weighted by Gasteiger charge is -2.23. The Labute approximate surface area is 152 Å². The maximum absolute atomic E-state index is 9.37. The van der Waals surface area contributed by atoms with E-state index in [-0.39, 0.29) is 5.41 Å². The van der Waals surface area contributed by atoms with Gasteiger partial charge in [0.05, 0.1) is 11.3 Å². The highest BCUT2D eigenvalue weighted by Crippen LogP contribution is 2.37. The highest BCUT2D eigenvalue weighted by molar-refractivity contribution is 6.10. The zero-order chi connectivity index (χ0) is 18.3. The molecule has 1 N–H and O–H groups in total. The minimum Gasteiger partial charge on any atom is -0.452 e. The molecular weight excluding hydrogens is 320 g/mol. The molecule has 128 valence electrons. The first-order valence-corrected chi connectivity index (χ1v) is 8.70. The van der Waals surface area contributed by atoms with Crippen molar-refractivity contribution in [2.75, 3.05) is 5.32 Å². The van der Waals surface area contributed by atoms with Gasteiger partial charge in [0.1, 0.15) is 6.07 Å². The summed E-state index contributed by atoms with van der Waals surface area (Å²) in [4.78, 5) is 0. The molecule has 0 radical (unpaired) electrons. The van der Waals surface area contributed by atoms with Gasteiger partial charge < -0.3 is 9.73 Å². The minimum absolute atomic E-state index is 0.0271. The van der Waals surface area contributed by atoms with Gasteiger partial charge in [-0.05, 0) is 29.2 Å². The van der Waals surface area contributed by atoms with Crippen LogP contribution in [0.5, 0.6) is 0 Å². The number of nitriles is 1. The van der Waals surface area contributed by atoms with Crippen LogP contribution < -0.4 is 5.32 Å². The van der Waals surface area contributed by atoms with Gasteiger partial charge in [-0.3, -0.25) is 0 Å². The summed E-state index contributed by atoms with van der Waals surface area (Å²) in [5.41, 5.74) is 5.20. The molecule has 4 aromatic rings. The zero-order valence-corrected chi connectivity index (χ0v) is 15.1. The SMILES string of the molecule is CC(C)(C)c1ccccc1Nc1cccc2c1oc1c(C#N)cccc12. The first-order valence-electron chi connectivity index (χ1n) is 8.70. The van der Waals surface area contributed by atoms with E-state index >= 15 is 0 Å². The van der Waals surface area contributed by atoms with Crippen molar-refractivity contribution in [2.45, 2.75) is 26.2 Å². The Balaban J connectivity index is 1.91. The molecule has 1 aromatic heterocycles. The number of furan rings is 1. The predicted molar refractivity (Wildman–Crippen MR) is 107 cm³/mol. The molecule has 0 unspecified atom stereocenters. The van der Waals surface area contributed by atoms with Crippen molar-refractivity contribution in [2.24, 2.45) is 0 Å². The molecule has 0 spiro atoms. The molecule has 0 fully saturated rings. The van der Waals surface area contributed by atoms with Gasteiger partial charge in [0.25, 0.3) is 0 Å². The molecular formula is C23H20N2O. The molecule has 4 rings (SSSR count). The topological polar surface area (TPSA) is 49.0 Å². The molecule has 0 bridgehead atoms. The molecule has 3 nitrogen and oxygen atoms in total. The van der Waals surface area contributed by atoms with Crippen molar-refractivity contribution in [1.82, 2.24) is 0 Å². The van der Waals surface area contributed by atoms with Crippen LogP contribution in [0.1, 0.15) is 31.9 Å². The second-order valence-electron chi connectivity index (χ2n) is 7.50. The number of benzene rings is 3. The maximum atomic E-state index is 9.37. The number of para-hydroxylation sites is 3. The molecule has 0 amide bonds. The lowest BCUT2D eigenvalue weighted by molar-refractivity contribution is 0.592. The van der Waals surface area contributed by atoms with Gasteiger partial charge in [-0.15, -0.1) is 0 Å². The summed E-state index contributed by atoms with van der Waals surface area (Å²) in [5, 5.41) is 14.9. The van der Waals surface area contributed by atoms with Crippen LogP contribution in [0.25, 0.3) is 21.9 Å². The second-order valence-corrected chi connectivity index (χ2v) is 7.50. The molecule has 0 aliphatic heterocycles. The normalized spacial score (nSPS) is 11.6. The van der Waals surface area contributed by atoms with Gasteiger partial charge in [-0.2, -0.15) is 5.26 Å². The van der Waals surface area contributed by atoms with Crippen molar-refractivity contribution in [1.29, 1.82) is 5.26 Å². The summed E-state index contributed by atoms with van der Waals surface area (Å²) in [7, 11) is 0. The Bertz CT molecular complexity index is 1160. The van der Waals surface area contributed by atoms with Crippen LogP contribution >= 0.6 is 0 Å². The van der Waals surface area contributed by atoms with Gasteiger partial charge in [0.2, 0.25) is 0 Å². The summed E-state index contributed by atoms with van der Waals surface area (Å²) in [6.45, 7) is 6.61. The van der Waals surface area contributed by atoms with E-state index in [0.29, 0.717) is 11.1 Å². The van der Waals surface area contributed by atoms with E-state index in [2.05, 4.69) is 50.4 Å². The van der Waals surface area contributed by atoms with Crippen molar-refractivity contribution >= 4 is 33.3 Å². The number of anilines is 2. The number of fused-ring (bicyclic) bond motifs is 3. The van der Waals surface area contributed by atoms with Crippen LogP contribution in [-0.2, 0) is 5.41 Å². The number of hydrogen-bond donors (Lipinski definition) is 1. The molecule has 3 aromatic carbocycles. The number of nitrogens with zero attached hydrogens (tertiary/aromatic N) is 1. The maximum Gasteiger partial charge on any atom is 0.158 e. The summed E-state index contributed by atoms with van der Waals surface area (Å²) in [6, 6.07) is 22.3. The van der Waals surface area contributed by atoms with E-state index in [1.54, 1.807) is 6.07 Å². The van der Waals surface area contributed by atoms with Crippen molar-refractivity contribution in [3.05, 3.63) is 71.8 Å². The monoisotopic (exact) mass is 340 g/mol. The van der Waals surface area contributed by atoms with Crippen LogP contribution in [0.15, 0.2) is 65.1 Å². The molecule has 0 saturated heterocycles. The first kappa shape index (κ1) is 16.2. The van der Waals surface area contributed by atoms with E-state index in [1.807, 2.05) is 36.4 Å². The Hall–Kier alpha value is -3.25. The van der Waals surface area contributed by atoms with Gasteiger partial charge in [-0.25, -0.2) is 0 Å². The summed E-state index contributed by atoms with van der Waals surface area (Å²) in [6.07, 6.45) is 0. The number of rotatable bonds is 2. The van der Waals surface area contributed by atoms with Crippen LogP contribution in [0.3, 0.4) is 0 Å². The average molecular weight is 340 g/mol. The van der Waals surface area contributed by atoms with Crippen molar-refractivity contribution < 1.29 is 4.42 Å².